The molecule has 0 rings (SSSR count). The maximum absolute atomic E-state index is 5.38. The summed E-state index contributed by atoms with van der Waals surface area (Å²) in [6, 6.07) is 0. The van der Waals surface area contributed by atoms with Crippen LogP contribution in [0.3, 0.4) is 0 Å². The number of nitrogens with one attached hydrogen (secondary N) is 1. The van der Waals surface area contributed by atoms with E-state index in [0.717, 1.165) is 13.0 Å². The van der Waals surface area contributed by atoms with Crippen LogP contribution in [0.4, 0.5) is 0 Å². The molecule has 1 atom stereocenters. The lowest BCUT2D eigenvalue weighted by molar-refractivity contribution is 0.00579. The molecule has 0 aliphatic heterocycles. The largest absolute Gasteiger partial charge is 0.381 e. The van der Waals surface area contributed by atoms with Gasteiger partial charge in [-0.1, -0.05) is 20.8 Å². The summed E-state index contributed by atoms with van der Waals surface area (Å²) in [5.74, 6) is 0. The molecule has 0 saturated heterocycles. The molecule has 1 unspecified atom stereocenters. The van der Waals surface area contributed by atoms with Crippen molar-refractivity contribution in [1.82, 2.24) is 5.32 Å². The molecule has 0 aliphatic rings. The van der Waals surface area contributed by atoms with E-state index in [4.69, 9.17) is 4.74 Å². The van der Waals surface area contributed by atoms with Gasteiger partial charge in [0.25, 0.3) is 0 Å². The fourth-order valence-corrected chi connectivity index (χ4v) is 1.61. The molecule has 0 spiro atoms. The second-order valence-corrected chi connectivity index (χ2v) is 3.65. The van der Waals surface area contributed by atoms with Gasteiger partial charge in [0, 0.05) is 19.1 Å². The molecule has 1 N–H and O–H groups in total. The third-order valence-electron chi connectivity index (χ3n) is 2.16. The molecular formula is C9H21NO. The first kappa shape index (κ1) is 10.9. The van der Waals surface area contributed by atoms with E-state index in [2.05, 4.69) is 26.1 Å². The second-order valence-electron chi connectivity index (χ2n) is 3.65. The van der Waals surface area contributed by atoms with Gasteiger partial charge in [-0.05, 0) is 13.5 Å². The SMILES string of the molecule is CCC(OC)C(C)(C)CNC. The molecule has 0 aromatic heterocycles. The van der Waals surface area contributed by atoms with E-state index in [1.165, 1.54) is 0 Å². The van der Waals surface area contributed by atoms with Gasteiger partial charge in [0.2, 0.25) is 0 Å². The lowest BCUT2D eigenvalue weighted by Crippen LogP contribution is -2.38. The summed E-state index contributed by atoms with van der Waals surface area (Å²) < 4.78 is 5.38. The molecule has 68 valence electrons. The monoisotopic (exact) mass is 159 g/mol. The van der Waals surface area contributed by atoms with Crippen molar-refractivity contribution in [2.75, 3.05) is 20.7 Å². The minimum absolute atomic E-state index is 0.234. The summed E-state index contributed by atoms with van der Waals surface area (Å²) in [5.41, 5.74) is 0.234. The average molecular weight is 159 g/mol. The Morgan fingerprint density at radius 2 is 2.00 bits per heavy atom. The topological polar surface area (TPSA) is 21.3 Å². The third kappa shape index (κ3) is 3.21. The van der Waals surface area contributed by atoms with Gasteiger partial charge in [0.15, 0.2) is 0 Å². The van der Waals surface area contributed by atoms with Gasteiger partial charge in [0.05, 0.1) is 6.10 Å². The molecule has 0 aromatic carbocycles. The van der Waals surface area contributed by atoms with Crippen LogP contribution < -0.4 is 5.32 Å². The smallest absolute Gasteiger partial charge is 0.0631 e. The summed E-state index contributed by atoms with van der Waals surface area (Å²) in [4.78, 5) is 0. The maximum atomic E-state index is 5.38. The number of hydrogen-bond acceptors (Lipinski definition) is 2. The molecule has 2 heteroatoms. The molecule has 0 saturated carbocycles. The van der Waals surface area contributed by atoms with Crippen molar-refractivity contribution in [3.8, 4) is 0 Å². The van der Waals surface area contributed by atoms with Gasteiger partial charge in [-0.2, -0.15) is 0 Å². The minimum Gasteiger partial charge on any atom is -0.381 e. The van der Waals surface area contributed by atoms with Crippen molar-refractivity contribution in [2.24, 2.45) is 5.41 Å². The highest BCUT2D eigenvalue weighted by Crippen LogP contribution is 2.23. The Morgan fingerprint density at radius 3 is 2.27 bits per heavy atom. The molecular weight excluding hydrogens is 138 g/mol. The van der Waals surface area contributed by atoms with Crippen molar-refractivity contribution in [1.29, 1.82) is 0 Å². The zero-order valence-electron chi connectivity index (χ0n) is 8.40. The van der Waals surface area contributed by atoms with E-state index in [-0.39, 0.29) is 5.41 Å². The predicted molar refractivity (Wildman–Crippen MR) is 48.8 cm³/mol. The van der Waals surface area contributed by atoms with E-state index in [1.807, 2.05) is 7.05 Å². The second kappa shape index (κ2) is 4.73. The van der Waals surface area contributed by atoms with Gasteiger partial charge in [-0.3, -0.25) is 0 Å². The first-order chi connectivity index (χ1) is 5.08. The summed E-state index contributed by atoms with van der Waals surface area (Å²) in [7, 11) is 3.76. The van der Waals surface area contributed by atoms with Crippen LogP contribution in [-0.2, 0) is 4.74 Å². The fraction of sp³-hybridized carbons (Fsp3) is 1.00. The van der Waals surface area contributed by atoms with Gasteiger partial charge < -0.3 is 10.1 Å². The summed E-state index contributed by atoms with van der Waals surface area (Å²) in [6.45, 7) is 7.60. The Bertz CT molecular complexity index is 97.7. The fourth-order valence-electron chi connectivity index (χ4n) is 1.61. The van der Waals surface area contributed by atoms with Crippen LogP contribution in [0.25, 0.3) is 0 Å². The lowest BCUT2D eigenvalue weighted by Gasteiger charge is -2.32. The number of hydrogen-bond donors (Lipinski definition) is 1. The Hall–Kier alpha value is -0.0800. The Morgan fingerprint density at radius 1 is 1.45 bits per heavy atom. The summed E-state index contributed by atoms with van der Waals surface area (Å²) in [6.07, 6.45) is 1.43. The first-order valence-electron chi connectivity index (χ1n) is 4.26. The van der Waals surface area contributed by atoms with E-state index in [1.54, 1.807) is 7.11 Å². The zero-order valence-corrected chi connectivity index (χ0v) is 8.40. The van der Waals surface area contributed by atoms with Crippen LogP contribution in [0, 0.1) is 5.41 Å². The zero-order chi connectivity index (χ0) is 8.91. The highest BCUT2D eigenvalue weighted by atomic mass is 16.5. The standard InChI is InChI=1S/C9H21NO/c1-6-8(11-5)9(2,3)7-10-4/h8,10H,6-7H2,1-5H3. The molecule has 0 aromatic rings. The van der Waals surface area contributed by atoms with E-state index in [9.17, 15) is 0 Å². The van der Waals surface area contributed by atoms with Crippen LogP contribution in [0.2, 0.25) is 0 Å². The van der Waals surface area contributed by atoms with Crippen molar-refractivity contribution >= 4 is 0 Å². The highest BCUT2D eigenvalue weighted by molar-refractivity contribution is 4.79. The quantitative estimate of drug-likeness (QED) is 0.658. The lowest BCUT2D eigenvalue weighted by atomic mass is 9.85. The van der Waals surface area contributed by atoms with Gasteiger partial charge in [0.1, 0.15) is 0 Å². The molecule has 0 aliphatic carbocycles. The average Bonchev–Trinajstić information content (AvgIpc) is 1.89. The molecule has 11 heavy (non-hydrogen) atoms. The summed E-state index contributed by atoms with van der Waals surface area (Å²) in [5, 5.41) is 3.18. The molecule has 0 amide bonds. The van der Waals surface area contributed by atoms with Crippen molar-refractivity contribution in [3.05, 3.63) is 0 Å². The molecule has 0 fully saturated rings. The van der Waals surface area contributed by atoms with E-state index >= 15 is 0 Å². The van der Waals surface area contributed by atoms with Gasteiger partial charge in [-0.15, -0.1) is 0 Å². The Balaban J connectivity index is 4.00. The molecule has 2 nitrogen and oxygen atoms in total. The van der Waals surface area contributed by atoms with Crippen LogP contribution in [0.5, 0.6) is 0 Å². The number of ether oxygens (including phenoxy) is 1. The highest BCUT2D eigenvalue weighted by Gasteiger charge is 2.26. The van der Waals surface area contributed by atoms with Crippen molar-refractivity contribution in [2.45, 2.75) is 33.3 Å². The van der Waals surface area contributed by atoms with Crippen molar-refractivity contribution in [3.63, 3.8) is 0 Å². The summed E-state index contributed by atoms with van der Waals surface area (Å²) >= 11 is 0. The number of methoxy groups -OCH3 is 1. The number of rotatable bonds is 5. The molecule has 0 heterocycles. The van der Waals surface area contributed by atoms with Crippen LogP contribution >= 0.6 is 0 Å². The molecule has 0 radical (unpaired) electrons. The normalized spacial score (nSPS) is 15.0. The predicted octanol–water partition coefficient (Wildman–Crippen LogP) is 1.66. The third-order valence-corrected chi connectivity index (χ3v) is 2.16. The minimum atomic E-state index is 0.234. The van der Waals surface area contributed by atoms with Gasteiger partial charge >= 0.3 is 0 Å². The van der Waals surface area contributed by atoms with Gasteiger partial charge in [-0.25, -0.2) is 0 Å². The maximum Gasteiger partial charge on any atom is 0.0631 e. The van der Waals surface area contributed by atoms with Crippen LogP contribution in [0.15, 0.2) is 0 Å². The molecule has 0 bridgehead atoms. The Labute approximate surface area is 70.3 Å². The van der Waals surface area contributed by atoms with Crippen molar-refractivity contribution < 1.29 is 4.74 Å². The van der Waals surface area contributed by atoms with E-state index in [0.29, 0.717) is 6.10 Å². The van der Waals surface area contributed by atoms with Crippen LogP contribution in [-0.4, -0.2) is 26.8 Å². The first-order valence-corrected chi connectivity index (χ1v) is 4.26. The van der Waals surface area contributed by atoms with E-state index < -0.39 is 0 Å². The van der Waals surface area contributed by atoms with Crippen LogP contribution in [0.1, 0.15) is 27.2 Å². The Kier molecular flexibility index (Phi) is 4.69.